The zero-order valence-corrected chi connectivity index (χ0v) is 31.9. The highest BCUT2D eigenvalue weighted by Crippen LogP contribution is 2.47. The summed E-state index contributed by atoms with van der Waals surface area (Å²) in [4.78, 5) is 36.5. The summed E-state index contributed by atoms with van der Waals surface area (Å²) in [5.74, 6) is 1.96. The highest BCUT2D eigenvalue weighted by atomic mass is 32.2. The van der Waals surface area contributed by atoms with E-state index >= 15 is 0 Å². The van der Waals surface area contributed by atoms with Gasteiger partial charge in [-0.25, -0.2) is 4.79 Å². The largest absolute Gasteiger partial charge is 0.507 e. The van der Waals surface area contributed by atoms with Gasteiger partial charge in [0.05, 0.1) is 31.9 Å². The number of Topliss-reactive ketones (excluding diaryl/α,β-unsaturated/α-hetero) is 1. The predicted molar refractivity (Wildman–Crippen MR) is 204 cm³/mol. The fourth-order valence-corrected chi connectivity index (χ4v) is 8.84. The Morgan fingerprint density at radius 2 is 1.84 bits per heavy atom. The molecule has 4 N–H and O–H groups in total. The Labute approximate surface area is 309 Å². The van der Waals surface area contributed by atoms with Gasteiger partial charge in [-0.1, -0.05) is 50.0 Å². The van der Waals surface area contributed by atoms with Crippen molar-refractivity contribution in [1.29, 1.82) is 0 Å². The number of ether oxygens (including phenoxy) is 3. The second-order valence-electron chi connectivity index (χ2n) is 14.4. The number of carbonyl (C=O) groups excluding carboxylic acids is 3. The average molecular weight is 728 g/mol. The number of rotatable bonds is 24. The Balaban J connectivity index is 1.07. The van der Waals surface area contributed by atoms with Crippen LogP contribution in [0.4, 0.5) is 4.79 Å². The summed E-state index contributed by atoms with van der Waals surface area (Å²) in [6, 6.07) is 4.27. The van der Waals surface area contributed by atoms with E-state index in [1.54, 1.807) is 0 Å². The number of ketones is 1. The minimum absolute atomic E-state index is 0.00934. The molecule has 2 heterocycles. The molecule has 0 aromatic heterocycles. The molecule has 2 aliphatic heterocycles. The predicted octanol–water partition coefficient (Wildman–Crippen LogP) is 6.74. The molecular formula is C40H61N3O7S. The van der Waals surface area contributed by atoms with Gasteiger partial charge in [-0.2, -0.15) is 11.8 Å². The first-order chi connectivity index (χ1) is 24.7. The van der Waals surface area contributed by atoms with Gasteiger partial charge >= 0.3 is 6.03 Å². The third-order valence-electron chi connectivity index (χ3n) is 10.1. The molecule has 2 fully saturated rings. The molecular weight excluding hydrogens is 667 g/mol. The summed E-state index contributed by atoms with van der Waals surface area (Å²) < 4.78 is 17.4. The first-order valence-corrected chi connectivity index (χ1v) is 20.1. The number of phenolic OH excluding ortho intramolecular Hbond substituents is 1. The molecule has 3 unspecified atom stereocenters. The third-order valence-corrected chi connectivity index (χ3v) is 11.6. The third kappa shape index (κ3) is 13.2. The number of carbonyl (C=O) groups is 3. The fourth-order valence-electron chi connectivity index (χ4n) is 7.30. The van der Waals surface area contributed by atoms with Crippen LogP contribution in [0.5, 0.6) is 11.5 Å². The van der Waals surface area contributed by atoms with Gasteiger partial charge in [0.2, 0.25) is 5.91 Å². The van der Waals surface area contributed by atoms with Crippen LogP contribution in [0, 0.1) is 5.92 Å². The average Bonchev–Trinajstić information content (AvgIpc) is 3.65. The Bertz CT molecular complexity index is 1350. The van der Waals surface area contributed by atoms with Gasteiger partial charge < -0.3 is 35.3 Å². The molecule has 0 saturated carbocycles. The number of aromatic hydroxyl groups is 1. The molecule has 1 aromatic carbocycles. The molecule has 0 radical (unpaired) electrons. The number of urea groups is 1. The standard InChI is InChI=1S/C40H61N3O7S/c1-5-6-7-11-29-23-34(45)38(32-22-28(4)15-16-31(32)27(2)3)35(24-29)50-25-30(44)12-10-18-48-20-21-49-19-17-41-37(46)14-9-8-13-36-39-33(26-51-36)42-40(47)43-39/h22-24,31-33,36,39,45H,2,5-21,25-26H2,1,3-4H3,(H,41,46)(H2,42,43,47)/t31-,32+,33?,36?,39?/m0/s1. The van der Waals surface area contributed by atoms with Crippen LogP contribution in [0.3, 0.4) is 0 Å². The van der Waals surface area contributed by atoms with Crippen molar-refractivity contribution in [3.63, 3.8) is 0 Å². The Kier molecular flexibility index (Phi) is 17.2. The van der Waals surface area contributed by atoms with E-state index in [0.717, 1.165) is 80.2 Å². The van der Waals surface area contributed by atoms with Crippen molar-refractivity contribution >= 4 is 29.5 Å². The van der Waals surface area contributed by atoms with E-state index in [4.69, 9.17) is 14.2 Å². The SMILES string of the molecule is C=C(C)[C@@H]1CCC(C)=C[C@H]1c1c(O)cc(CCCCC)cc1OCC(=O)CCCOCCOCCNC(=O)CCCCC1SCC2NC(=O)NC21. The first-order valence-electron chi connectivity index (χ1n) is 19.1. The number of hydrogen-bond donors (Lipinski definition) is 4. The zero-order valence-electron chi connectivity index (χ0n) is 31.1. The van der Waals surface area contributed by atoms with E-state index < -0.39 is 0 Å². The molecule has 1 aliphatic carbocycles. The lowest BCUT2D eigenvalue weighted by Crippen LogP contribution is -2.36. The van der Waals surface area contributed by atoms with E-state index in [1.807, 2.05) is 30.8 Å². The van der Waals surface area contributed by atoms with Crippen LogP contribution in [0.15, 0.2) is 35.9 Å². The summed E-state index contributed by atoms with van der Waals surface area (Å²) in [6.07, 6.45) is 12.6. The van der Waals surface area contributed by atoms with Gasteiger partial charge in [0.1, 0.15) is 18.1 Å². The van der Waals surface area contributed by atoms with Crippen molar-refractivity contribution in [2.24, 2.45) is 5.92 Å². The molecule has 51 heavy (non-hydrogen) atoms. The number of thioether (sulfide) groups is 1. The second kappa shape index (κ2) is 21.5. The second-order valence-corrected chi connectivity index (χ2v) is 15.7. The van der Waals surface area contributed by atoms with Crippen molar-refractivity contribution < 1.29 is 33.7 Å². The normalized spacial score (nSPS) is 22.5. The lowest BCUT2D eigenvalue weighted by Gasteiger charge is -2.32. The zero-order chi connectivity index (χ0) is 36.6. The minimum Gasteiger partial charge on any atom is -0.507 e. The lowest BCUT2D eigenvalue weighted by molar-refractivity contribution is -0.122. The number of allylic oxidation sites excluding steroid dienone is 3. The van der Waals surface area contributed by atoms with Crippen LogP contribution in [0.25, 0.3) is 0 Å². The van der Waals surface area contributed by atoms with Crippen LogP contribution in [-0.4, -0.2) is 85.5 Å². The van der Waals surface area contributed by atoms with E-state index in [1.165, 1.54) is 5.57 Å². The summed E-state index contributed by atoms with van der Waals surface area (Å²) >= 11 is 1.90. The molecule has 3 aliphatic rings. The number of benzene rings is 1. The van der Waals surface area contributed by atoms with Crippen LogP contribution in [0.2, 0.25) is 0 Å². The van der Waals surface area contributed by atoms with Gasteiger partial charge in [0.15, 0.2) is 5.78 Å². The maximum Gasteiger partial charge on any atom is 0.315 e. The van der Waals surface area contributed by atoms with Crippen molar-refractivity contribution in [1.82, 2.24) is 16.0 Å². The van der Waals surface area contributed by atoms with Crippen LogP contribution in [0.1, 0.15) is 108 Å². The topological polar surface area (TPSA) is 135 Å². The molecule has 2 saturated heterocycles. The smallest absolute Gasteiger partial charge is 0.315 e. The highest BCUT2D eigenvalue weighted by Gasteiger charge is 2.42. The number of amides is 3. The summed E-state index contributed by atoms with van der Waals surface area (Å²) in [5, 5.41) is 20.6. The number of fused-ring (bicyclic) bond motifs is 1. The Hall–Kier alpha value is -3.02. The molecule has 4 rings (SSSR count). The molecule has 11 heteroatoms. The Morgan fingerprint density at radius 1 is 1.04 bits per heavy atom. The molecule has 0 spiro atoms. The first kappa shape index (κ1) is 40.7. The van der Waals surface area contributed by atoms with Crippen molar-refractivity contribution in [2.75, 3.05) is 45.3 Å². The van der Waals surface area contributed by atoms with Crippen LogP contribution < -0.4 is 20.7 Å². The molecule has 284 valence electrons. The van der Waals surface area contributed by atoms with Crippen LogP contribution in [-0.2, 0) is 25.5 Å². The molecule has 5 atom stereocenters. The van der Waals surface area contributed by atoms with Crippen molar-refractivity contribution in [3.8, 4) is 11.5 Å². The maximum absolute atomic E-state index is 12.8. The van der Waals surface area contributed by atoms with E-state index in [-0.39, 0.29) is 54.0 Å². The van der Waals surface area contributed by atoms with Crippen LogP contribution >= 0.6 is 11.8 Å². The molecule has 0 bridgehead atoms. The minimum atomic E-state index is -0.0654. The highest BCUT2D eigenvalue weighted by molar-refractivity contribution is 8.00. The van der Waals surface area contributed by atoms with Crippen molar-refractivity contribution in [3.05, 3.63) is 47.1 Å². The van der Waals surface area contributed by atoms with Gasteiger partial charge in [-0.3, -0.25) is 9.59 Å². The van der Waals surface area contributed by atoms with E-state index in [0.29, 0.717) is 63.2 Å². The van der Waals surface area contributed by atoms with E-state index in [9.17, 15) is 19.5 Å². The van der Waals surface area contributed by atoms with Gasteiger partial charge in [-0.15, -0.1) is 0 Å². The summed E-state index contributed by atoms with van der Waals surface area (Å²) in [7, 11) is 0. The van der Waals surface area contributed by atoms with Gasteiger partial charge in [-0.05, 0) is 82.4 Å². The lowest BCUT2D eigenvalue weighted by atomic mass is 9.73. The molecule has 3 amide bonds. The maximum atomic E-state index is 12.8. The molecule has 1 aromatic rings. The monoisotopic (exact) mass is 727 g/mol. The number of phenols is 1. The number of aryl methyl sites for hydroxylation is 1. The quantitative estimate of drug-likeness (QED) is 0.0523. The van der Waals surface area contributed by atoms with Crippen molar-refractivity contribution in [2.45, 2.75) is 121 Å². The summed E-state index contributed by atoms with van der Waals surface area (Å²) in [5.41, 5.74) is 4.16. The van der Waals surface area contributed by atoms with Gasteiger partial charge in [0.25, 0.3) is 0 Å². The number of nitrogens with one attached hydrogen (secondary N) is 3. The van der Waals surface area contributed by atoms with E-state index in [2.05, 4.69) is 42.5 Å². The molecule has 10 nitrogen and oxygen atoms in total. The fraction of sp³-hybridized carbons (Fsp3) is 0.675. The number of unbranched alkanes of at least 4 members (excludes halogenated alkanes) is 3. The van der Waals surface area contributed by atoms with Gasteiger partial charge in [0, 0.05) is 48.5 Å². The Morgan fingerprint density at radius 3 is 2.63 bits per heavy atom. The summed E-state index contributed by atoms with van der Waals surface area (Å²) in [6.45, 7) is 12.7. The number of hydrogen-bond acceptors (Lipinski definition) is 8.